The van der Waals surface area contributed by atoms with Crippen LogP contribution in [0.5, 0.6) is 5.75 Å². The van der Waals surface area contributed by atoms with Crippen LogP contribution in [-0.4, -0.2) is 41.5 Å². The number of fused-ring (bicyclic) bond motifs is 1. The summed E-state index contributed by atoms with van der Waals surface area (Å²) >= 11 is 0. The zero-order valence-electron chi connectivity index (χ0n) is 16.9. The Balaban J connectivity index is 1.89. The maximum absolute atomic E-state index is 13.3. The van der Waals surface area contributed by atoms with E-state index >= 15 is 0 Å². The molecular weight excluding hydrogens is 389 g/mol. The van der Waals surface area contributed by atoms with Crippen molar-refractivity contribution >= 4 is 22.6 Å². The molecule has 1 aliphatic rings. The Hall–Kier alpha value is -3.06. The number of hydrogen-bond donors (Lipinski definition) is 2. The first-order valence-corrected chi connectivity index (χ1v) is 10.0. The highest BCUT2D eigenvalue weighted by Gasteiger charge is 2.26. The van der Waals surface area contributed by atoms with Crippen molar-refractivity contribution in [1.29, 1.82) is 0 Å². The minimum atomic E-state index is -1.13. The van der Waals surface area contributed by atoms with E-state index in [2.05, 4.69) is 4.90 Å². The molecule has 0 atom stereocenters. The molecule has 0 amide bonds. The number of furan rings is 1. The molecular formula is C23H24FNO5. The van der Waals surface area contributed by atoms with Crippen molar-refractivity contribution in [1.82, 2.24) is 0 Å². The normalized spacial score (nSPS) is 15.2. The summed E-state index contributed by atoms with van der Waals surface area (Å²) in [5.74, 6) is -0.784. The quantitative estimate of drug-likeness (QED) is 0.632. The molecule has 2 N–H and O–H groups in total. The van der Waals surface area contributed by atoms with Gasteiger partial charge in [0.25, 0.3) is 0 Å². The summed E-state index contributed by atoms with van der Waals surface area (Å²) in [6.45, 7) is 5.15. The summed E-state index contributed by atoms with van der Waals surface area (Å²) in [5.41, 5.74) is 1.73. The smallest absolute Gasteiger partial charge is 0.340 e. The topological polar surface area (TPSA) is 83.1 Å². The van der Waals surface area contributed by atoms with Gasteiger partial charge in [0.1, 0.15) is 28.5 Å². The van der Waals surface area contributed by atoms with Gasteiger partial charge >= 0.3 is 5.97 Å². The van der Waals surface area contributed by atoms with Crippen molar-refractivity contribution in [3.8, 4) is 17.1 Å². The van der Waals surface area contributed by atoms with E-state index in [9.17, 15) is 19.4 Å². The number of piperidine rings is 1. The molecule has 0 unspecified atom stereocenters. The summed E-state index contributed by atoms with van der Waals surface area (Å²) in [6, 6.07) is 9.04. The summed E-state index contributed by atoms with van der Waals surface area (Å²) in [4.78, 5) is 14.2. The van der Waals surface area contributed by atoms with E-state index in [0.29, 0.717) is 48.2 Å². The van der Waals surface area contributed by atoms with Crippen LogP contribution in [0.2, 0.25) is 0 Å². The zero-order valence-corrected chi connectivity index (χ0v) is 16.9. The highest BCUT2D eigenvalue weighted by atomic mass is 19.1. The van der Waals surface area contributed by atoms with Crippen LogP contribution in [0, 0.1) is 5.82 Å². The first kappa shape index (κ1) is 20.2. The number of rotatable bonds is 5. The summed E-state index contributed by atoms with van der Waals surface area (Å²) in [7, 11) is 0. The van der Waals surface area contributed by atoms with Gasteiger partial charge in [-0.25, -0.2) is 9.18 Å². The number of aliphatic hydroxyl groups is 1. The summed E-state index contributed by atoms with van der Waals surface area (Å²) < 4.78 is 25.3. The van der Waals surface area contributed by atoms with E-state index in [4.69, 9.17) is 9.15 Å². The predicted octanol–water partition coefficient (Wildman–Crippen LogP) is 4.69. The molecule has 2 aromatic carbocycles. The molecule has 30 heavy (non-hydrogen) atoms. The fraction of sp³-hybridized carbons (Fsp3) is 0.348. The lowest BCUT2D eigenvalue weighted by Gasteiger charge is -2.32. The van der Waals surface area contributed by atoms with Crippen molar-refractivity contribution in [3.63, 3.8) is 0 Å². The third-order valence-electron chi connectivity index (χ3n) is 5.26. The lowest BCUT2D eigenvalue weighted by molar-refractivity contribution is 0.0699. The number of carboxylic acid groups (broad SMARTS) is 1. The van der Waals surface area contributed by atoms with E-state index in [1.807, 2.05) is 13.8 Å². The molecule has 0 bridgehead atoms. The molecule has 158 valence electrons. The lowest BCUT2D eigenvalue weighted by atomic mass is 10.0. The molecule has 0 saturated carbocycles. The number of hydrogen-bond acceptors (Lipinski definition) is 5. The van der Waals surface area contributed by atoms with Crippen LogP contribution >= 0.6 is 0 Å². The Kier molecular flexibility index (Phi) is 5.39. The maximum atomic E-state index is 13.3. The van der Waals surface area contributed by atoms with E-state index in [-0.39, 0.29) is 23.5 Å². The van der Waals surface area contributed by atoms with E-state index in [0.717, 1.165) is 5.69 Å². The molecule has 0 spiro atoms. The second-order valence-electron chi connectivity index (χ2n) is 7.82. The summed E-state index contributed by atoms with van der Waals surface area (Å²) in [5, 5.41) is 20.1. The van der Waals surface area contributed by atoms with E-state index in [1.54, 1.807) is 12.1 Å². The number of aromatic carboxylic acids is 1. The highest BCUT2D eigenvalue weighted by molar-refractivity contribution is 6.09. The average molecular weight is 413 g/mol. The second kappa shape index (κ2) is 7.99. The fourth-order valence-corrected chi connectivity index (χ4v) is 3.83. The van der Waals surface area contributed by atoms with Gasteiger partial charge in [0.15, 0.2) is 0 Å². The van der Waals surface area contributed by atoms with Crippen molar-refractivity contribution in [3.05, 3.63) is 47.8 Å². The Bertz CT molecular complexity index is 1070. The number of halogens is 1. The van der Waals surface area contributed by atoms with Crippen LogP contribution < -0.4 is 9.64 Å². The molecule has 0 radical (unpaired) electrons. The van der Waals surface area contributed by atoms with Crippen molar-refractivity contribution in [2.45, 2.75) is 38.9 Å². The fourth-order valence-electron chi connectivity index (χ4n) is 3.83. The largest absolute Gasteiger partial charge is 0.489 e. The number of benzene rings is 2. The molecule has 1 aliphatic heterocycles. The van der Waals surface area contributed by atoms with Crippen LogP contribution in [0.1, 0.15) is 37.0 Å². The number of ether oxygens (including phenoxy) is 1. The molecule has 3 aromatic rings. The molecule has 7 heteroatoms. The number of carboxylic acids is 1. The first-order chi connectivity index (χ1) is 14.3. The predicted molar refractivity (Wildman–Crippen MR) is 112 cm³/mol. The van der Waals surface area contributed by atoms with Gasteiger partial charge < -0.3 is 24.3 Å². The average Bonchev–Trinajstić information content (AvgIpc) is 3.07. The van der Waals surface area contributed by atoms with Crippen molar-refractivity contribution < 1.29 is 28.6 Å². The first-order valence-electron chi connectivity index (χ1n) is 10.0. The Morgan fingerprint density at radius 2 is 1.87 bits per heavy atom. The van der Waals surface area contributed by atoms with Crippen LogP contribution in [-0.2, 0) is 0 Å². The molecule has 4 rings (SSSR count). The number of nitrogens with zero attached hydrogens (tertiary/aromatic N) is 1. The van der Waals surface area contributed by atoms with Gasteiger partial charge in [-0.3, -0.25) is 0 Å². The van der Waals surface area contributed by atoms with Crippen LogP contribution in [0.15, 0.2) is 40.8 Å². The standard InChI is InChI=1S/C23H24FNO5/c1-13(2)29-20-11-17-19(12-18(20)25-9-7-16(26)8-10-25)30-22(21(17)23(27)28)14-3-5-15(24)6-4-14/h3-6,11-13,16,26H,7-10H2,1-2H3,(H,27,28). The van der Waals surface area contributed by atoms with Gasteiger partial charge in [-0.2, -0.15) is 0 Å². The molecule has 6 nitrogen and oxygen atoms in total. The number of carbonyl (C=O) groups is 1. The Morgan fingerprint density at radius 3 is 2.47 bits per heavy atom. The second-order valence-corrected chi connectivity index (χ2v) is 7.82. The van der Waals surface area contributed by atoms with Gasteiger partial charge in [-0.15, -0.1) is 0 Å². The minimum absolute atomic E-state index is 0.0193. The maximum Gasteiger partial charge on any atom is 0.340 e. The van der Waals surface area contributed by atoms with Gasteiger partial charge in [0, 0.05) is 30.1 Å². The van der Waals surface area contributed by atoms with Crippen molar-refractivity contribution in [2.24, 2.45) is 0 Å². The molecule has 1 fully saturated rings. The highest BCUT2D eigenvalue weighted by Crippen LogP contribution is 2.41. The number of aliphatic hydroxyl groups excluding tert-OH is 1. The van der Waals surface area contributed by atoms with Gasteiger partial charge in [-0.05, 0) is 57.0 Å². The monoisotopic (exact) mass is 413 g/mol. The van der Waals surface area contributed by atoms with Crippen LogP contribution in [0.4, 0.5) is 10.1 Å². The minimum Gasteiger partial charge on any atom is -0.489 e. The van der Waals surface area contributed by atoms with Crippen LogP contribution in [0.3, 0.4) is 0 Å². The third-order valence-corrected chi connectivity index (χ3v) is 5.26. The third kappa shape index (κ3) is 3.85. The molecule has 0 aliphatic carbocycles. The van der Waals surface area contributed by atoms with Crippen LogP contribution in [0.25, 0.3) is 22.3 Å². The lowest BCUT2D eigenvalue weighted by Crippen LogP contribution is -2.36. The summed E-state index contributed by atoms with van der Waals surface area (Å²) in [6.07, 6.45) is 0.886. The molecule has 1 saturated heterocycles. The molecule has 1 aromatic heterocycles. The van der Waals surface area contributed by atoms with Gasteiger partial charge in [-0.1, -0.05) is 0 Å². The van der Waals surface area contributed by atoms with Gasteiger partial charge in [0.2, 0.25) is 0 Å². The Labute approximate surface area is 173 Å². The SMILES string of the molecule is CC(C)Oc1cc2c(C(=O)O)c(-c3ccc(F)cc3)oc2cc1N1CCC(O)CC1. The van der Waals surface area contributed by atoms with E-state index < -0.39 is 11.8 Å². The Morgan fingerprint density at radius 1 is 1.20 bits per heavy atom. The van der Waals surface area contributed by atoms with E-state index in [1.165, 1.54) is 24.3 Å². The van der Waals surface area contributed by atoms with Gasteiger partial charge in [0.05, 0.1) is 17.9 Å². The van der Waals surface area contributed by atoms with Crippen molar-refractivity contribution in [2.75, 3.05) is 18.0 Å². The zero-order chi connectivity index (χ0) is 21.4. The molecule has 2 heterocycles. The number of anilines is 1.